The number of hydrogen-bond donors (Lipinski definition) is 1. The maximum absolute atomic E-state index is 12.1. The van der Waals surface area contributed by atoms with E-state index in [-0.39, 0.29) is 19.1 Å². The van der Waals surface area contributed by atoms with Gasteiger partial charge < -0.3 is 14.6 Å². The van der Waals surface area contributed by atoms with Crippen molar-refractivity contribution in [1.29, 1.82) is 0 Å². The molecule has 0 saturated heterocycles. The SMILES string of the molecule is CCOC(=O)C(C(=O)OCC)C1(O)CCC(C)C(C)C1. The molecule has 5 heteroatoms. The van der Waals surface area contributed by atoms with E-state index in [2.05, 4.69) is 6.92 Å². The summed E-state index contributed by atoms with van der Waals surface area (Å²) in [6, 6.07) is 0. The minimum absolute atomic E-state index is 0.177. The Kier molecular flexibility index (Phi) is 5.99. The largest absolute Gasteiger partial charge is 0.465 e. The van der Waals surface area contributed by atoms with Gasteiger partial charge in [-0.3, -0.25) is 9.59 Å². The molecule has 20 heavy (non-hydrogen) atoms. The lowest BCUT2D eigenvalue weighted by atomic mass is 9.68. The average molecular weight is 286 g/mol. The molecule has 0 aromatic carbocycles. The quantitative estimate of drug-likeness (QED) is 0.617. The molecule has 5 nitrogen and oxygen atoms in total. The summed E-state index contributed by atoms with van der Waals surface area (Å²) in [6.45, 7) is 7.86. The molecule has 1 aliphatic carbocycles. The molecule has 0 heterocycles. The Morgan fingerprint density at radius 3 is 2.05 bits per heavy atom. The Hall–Kier alpha value is -1.10. The van der Waals surface area contributed by atoms with Gasteiger partial charge in [0.05, 0.1) is 18.8 Å². The first-order valence-corrected chi connectivity index (χ1v) is 7.41. The van der Waals surface area contributed by atoms with Crippen molar-refractivity contribution in [1.82, 2.24) is 0 Å². The Morgan fingerprint density at radius 1 is 1.15 bits per heavy atom. The second-order valence-corrected chi connectivity index (χ2v) is 5.74. The van der Waals surface area contributed by atoms with Crippen LogP contribution < -0.4 is 0 Å². The van der Waals surface area contributed by atoms with Gasteiger partial charge in [-0.2, -0.15) is 0 Å². The van der Waals surface area contributed by atoms with Crippen molar-refractivity contribution in [3.05, 3.63) is 0 Å². The standard InChI is InChI=1S/C15H26O5/c1-5-19-13(16)12(14(17)20-6-2)15(18)8-7-10(3)11(4)9-15/h10-12,18H,5-9H2,1-4H3. The van der Waals surface area contributed by atoms with Crippen LogP contribution in [-0.2, 0) is 19.1 Å². The topological polar surface area (TPSA) is 72.8 Å². The molecule has 0 bridgehead atoms. The molecule has 3 atom stereocenters. The van der Waals surface area contributed by atoms with Gasteiger partial charge in [0.2, 0.25) is 0 Å². The van der Waals surface area contributed by atoms with E-state index in [0.29, 0.717) is 18.8 Å². The smallest absolute Gasteiger partial charge is 0.323 e. The lowest BCUT2D eigenvalue weighted by Crippen LogP contribution is -2.51. The molecule has 3 unspecified atom stereocenters. The molecular weight excluding hydrogens is 260 g/mol. The molecule has 0 aromatic rings. The van der Waals surface area contributed by atoms with Crippen LogP contribution in [0.2, 0.25) is 0 Å². The zero-order valence-electron chi connectivity index (χ0n) is 12.8. The number of rotatable bonds is 5. The Balaban J connectivity index is 2.96. The van der Waals surface area contributed by atoms with Gasteiger partial charge in [-0.1, -0.05) is 13.8 Å². The highest BCUT2D eigenvalue weighted by Gasteiger charge is 2.51. The Morgan fingerprint density at radius 2 is 1.65 bits per heavy atom. The highest BCUT2D eigenvalue weighted by atomic mass is 16.6. The third-order valence-corrected chi connectivity index (χ3v) is 4.26. The second kappa shape index (κ2) is 7.07. The predicted octanol–water partition coefficient (Wildman–Crippen LogP) is 1.92. The van der Waals surface area contributed by atoms with Gasteiger partial charge in [0.25, 0.3) is 0 Å². The zero-order valence-corrected chi connectivity index (χ0v) is 12.8. The lowest BCUT2D eigenvalue weighted by molar-refractivity contribution is -0.179. The van der Waals surface area contributed by atoms with Crippen LogP contribution in [0.3, 0.4) is 0 Å². The van der Waals surface area contributed by atoms with Crippen LogP contribution in [0.1, 0.15) is 47.0 Å². The summed E-state index contributed by atoms with van der Waals surface area (Å²) in [5.41, 5.74) is -1.36. The molecule has 0 aliphatic heterocycles. The van der Waals surface area contributed by atoms with Crippen LogP contribution in [0.25, 0.3) is 0 Å². The molecule has 0 aromatic heterocycles. The van der Waals surface area contributed by atoms with Crippen LogP contribution in [0, 0.1) is 17.8 Å². The number of carbonyl (C=O) groups is 2. The van der Waals surface area contributed by atoms with Gasteiger partial charge in [-0.25, -0.2) is 0 Å². The van der Waals surface area contributed by atoms with Gasteiger partial charge in [0.1, 0.15) is 0 Å². The van der Waals surface area contributed by atoms with Crippen molar-refractivity contribution in [2.75, 3.05) is 13.2 Å². The summed E-state index contributed by atoms with van der Waals surface area (Å²) in [7, 11) is 0. The van der Waals surface area contributed by atoms with Crippen LogP contribution in [0.5, 0.6) is 0 Å². The van der Waals surface area contributed by atoms with Crippen molar-refractivity contribution in [2.45, 2.75) is 52.6 Å². The van der Waals surface area contributed by atoms with E-state index >= 15 is 0 Å². The minimum atomic E-state index is -1.36. The van der Waals surface area contributed by atoms with E-state index in [4.69, 9.17) is 9.47 Å². The fraction of sp³-hybridized carbons (Fsp3) is 0.867. The first kappa shape index (κ1) is 17.0. The van der Waals surface area contributed by atoms with Crippen LogP contribution in [0.4, 0.5) is 0 Å². The van der Waals surface area contributed by atoms with Crippen LogP contribution in [0.15, 0.2) is 0 Å². The lowest BCUT2D eigenvalue weighted by Gasteiger charge is -2.41. The summed E-state index contributed by atoms with van der Waals surface area (Å²) >= 11 is 0. The van der Waals surface area contributed by atoms with Gasteiger partial charge in [-0.05, 0) is 44.9 Å². The number of hydrogen-bond acceptors (Lipinski definition) is 5. The average Bonchev–Trinajstić information content (AvgIpc) is 2.35. The van der Waals surface area contributed by atoms with Crippen molar-refractivity contribution >= 4 is 11.9 Å². The summed E-state index contributed by atoms with van der Waals surface area (Å²) < 4.78 is 9.90. The highest BCUT2D eigenvalue weighted by molar-refractivity contribution is 5.96. The van der Waals surface area contributed by atoms with Gasteiger partial charge >= 0.3 is 11.9 Å². The molecule has 1 N–H and O–H groups in total. The monoisotopic (exact) mass is 286 g/mol. The molecule has 1 rings (SSSR count). The Labute approximate surface area is 120 Å². The number of aliphatic hydroxyl groups is 1. The van der Waals surface area contributed by atoms with E-state index in [9.17, 15) is 14.7 Å². The fourth-order valence-corrected chi connectivity index (χ4v) is 2.87. The van der Waals surface area contributed by atoms with Crippen LogP contribution >= 0.6 is 0 Å². The number of esters is 2. The maximum Gasteiger partial charge on any atom is 0.323 e. The van der Waals surface area contributed by atoms with E-state index in [1.54, 1.807) is 13.8 Å². The third-order valence-electron chi connectivity index (χ3n) is 4.26. The van der Waals surface area contributed by atoms with Crippen molar-refractivity contribution < 1.29 is 24.2 Å². The summed E-state index contributed by atoms with van der Waals surface area (Å²) in [5.74, 6) is -1.89. The third kappa shape index (κ3) is 3.72. The zero-order chi connectivity index (χ0) is 15.3. The summed E-state index contributed by atoms with van der Waals surface area (Å²) in [5, 5.41) is 10.8. The predicted molar refractivity (Wildman–Crippen MR) is 73.9 cm³/mol. The van der Waals surface area contributed by atoms with Crippen molar-refractivity contribution in [2.24, 2.45) is 17.8 Å². The Bertz CT molecular complexity index is 336. The normalized spacial score (nSPS) is 30.1. The molecule has 116 valence electrons. The molecule has 1 aliphatic rings. The summed E-state index contributed by atoms with van der Waals surface area (Å²) in [6.07, 6.45) is 1.62. The van der Waals surface area contributed by atoms with Crippen LogP contribution in [-0.4, -0.2) is 35.9 Å². The van der Waals surface area contributed by atoms with E-state index < -0.39 is 23.5 Å². The van der Waals surface area contributed by atoms with Gasteiger partial charge in [-0.15, -0.1) is 0 Å². The van der Waals surface area contributed by atoms with E-state index in [1.807, 2.05) is 6.92 Å². The minimum Gasteiger partial charge on any atom is -0.465 e. The van der Waals surface area contributed by atoms with Crippen molar-refractivity contribution in [3.63, 3.8) is 0 Å². The first-order valence-electron chi connectivity index (χ1n) is 7.41. The molecule has 0 spiro atoms. The summed E-state index contributed by atoms with van der Waals surface area (Å²) in [4.78, 5) is 24.1. The highest BCUT2D eigenvalue weighted by Crippen LogP contribution is 2.41. The molecule has 0 radical (unpaired) electrons. The first-order chi connectivity index (χ1) is 9.35. The molecule has 0 amide bonds. The van der Waals surface area contributed by atoms with Gasteiger partial charge in [0, 0.05) is 0 Å². The molecule has 1 saturated carbocycles. The second-order valence-electron chi connectivity index (χ2n) is 5.74. The fourth-order valence-electron chi connectivity index (χ4n) is 2.87. The maximum atomic E-state index is 12.1. The van der Waals surface area contributed by atoms with E-state index in [0.717, 1.165) is 6.42 Å². The number of carbonyl (C=O) groups excluding carboxylic acids is 2. The molecule has 1 fully saturated rings. The van der Waals surface area contributed by atoms with Crippen molar-refractivity contribution in [3.8, 4) is 0 Å². The van der Waals surface area contributed by atoms with E-state index in [1.165, 1.54) is 0 Å². The number of ether oxygens (including phenoxy) is 2. The molecular formula is C15H26O5. The van der Waals surface area contributed by atoms with Gasteiger partial charge in [0.15, 0.2) is 5.92 Å².